The maximum absolute atomic E-state index is 11.8. The van der Waals surface area contributed by atoms with E-state index < -0.39 is 11.2 Å². The van der Waals surface area contributed by atoms with Crippen molar-refractivity contribution in [3.05, 3.63) is 26.7 Å². The fraction of sp³-hybridized carbons (Fsp3) is 0.500. The summed E-state index contributed by atoms with van der Waals surface area (Å²) in [4.78, 5) is 30.1. The van der Waals surface area contributed by atoms with E-state index >= 15 is 0 Å². The molecule has 0 aliphatic heterocycles. The van der Waals surface area contributed by atoms with Crippen LogP contribution in [-0.2, 0) is 13.6 Å². The molecule has 2 N–H and O–H groups in total. The Morgan fingerprint density at radius 2 is 2.12 bits per heavy atom. The molecule has 0 radical (unpaired) electrons. The van der Waals surface area contributed by atoms with Gasteiger partial charge in [0, 0.05) is 20.2 Å². The molecule has 0 atom stereocenters. The summed E-state index contributed by atoms with van der Waals surface area (Å²) in [7, 11) is 1.41. The predicted octanol–water partition coefficient (Wildman–Crippen LogP) is -0.886. The van der Waals surface area contributed by atoms with Gasteiger partial charge in [-0.05, 0) is 13.3 Å². The number of hydrogen-bond donors (Lipinski definition) is 2. The van der Waals surface area contributed by atoms with Crippen molar-refractivity contribution in [2.24, 2.45) is 7.05 Å². The van der Waals surface area contributed by atoms with Gasteiger partial charge < -0.3 is 9.67 Å². The summed E-state index contributed by atoms with van der Waals surface area (Å²) < 4.78 is 2.72. The number of hydrogen-bond acceptors (Lipinski definition) is 4. The Balaban J connectivity index is 2.74. The molecule has 92 valence electrons. The molecule has 0 amide bonds. The molecule has 2 aromatic rings. The summed E-state index contributed by atoms with van der Waals surface area (Å²) in [5.74, 6) is 0.646. The van der Waals surface area contributed by atoms with Crippen molar-refractivity contribution < 1.29 is 5.11 Å². The second-order valence-corrected chi connectivity index (χ2v) is 3.88. The van der Waals surface area contributed by atoms with E-state index in [0.717, 1.165) is 4.57 Å². The van der Waals surface area contributed by atoms with Crippen LogP contribution >= 0.6 is 0 Å². The Morgan fingerprint density at radius 3 is 2.76 bits per heavy atom. The smallest absolute Gasteiger partial charge is 0.329 e. The van der Waals surface area contributed by atoms with Crippen LogP contribution in [0, 0.1) is 6.92 Å². The van der Waals surface area contributed by atoms with Gasteiger partial charge in [-0.15, -0.1) is 0 Å². The number of H-pyrrole nitrogens is 1. The number of fused-ring (bicyclic) bond motifs is 1. The highest BCUT2D eigenvalue weighted by Crippen LogP contribution is 2.08. The van der Waals surface area contributed by atoms with E-state index in [1.165, 1.54) is 7.05 Å². The summed E-state index contributed by atoms with van der Waals surface area (Å²) in [5.41, 5.74) is -0.200. The van der Waals surface area contributed by atoms with Crippen LogP contribution in [0.15, 0.2) is 9.59 Å². The molecule has 0 saturated carbocycles. The van der Waals surface area contributed by atoms with Crippen molar-refractivity contribution >= 4 is 11.2 Å². The monoisotopic (exact) mass is 238 g/mol. The lowest BCUT2D eigenvalue weighted by molar-refractivity contribution is 0.280. The van der Waals surface area contributed by atoms with Gasteiger partial charge in [0.25, 0.3) is 5.56 Å². The number of rotatable bonds is 3. The highest BCUT2D eigenvalue weighted by atomic mass is 16.3. The number of nitrogens with one attached hydrogen (secondary N) is 1. The maximum Gasteiger partial charge on any atom is 0.329 e. The summed E-state index contributed by atoms with van der Waals surface area (Å²) >= 11 is 0. The van der Waals surface area contributed by atoms with Gasteiger partial charge in [-0.2, -0.15) is 0 Å². The van der Waals surface area contributed by atoms with Crippen LogP contribution in [0.5, 0.6) is 0 Å². The molecule has 0 fully saturated rings. The summed E-state index contributed by atoms with van der Waals surface area (Å²) in [6.07, 6.45) is 0.545. The van der Waals surface area contributed by atoms with Crippen molar-refractivity contribution in [3.8, 4) is 0 Å². The second-order valence-electron chi connectivity index (χ2n) is 3.88. The predicted molar refractivity (Wildman–Crippen MR) is 62.0 cm³/mol. The van der Waals surface area contributed by atoms with Crippen LogP contribution in [0.2, 0.25) is 0 Å². The zero-order valence-corrected chi connectivity index (χ0v) is 9.73. The largest absolute Gasteiger partial charge is 0.396 e. The van der Waals surface area contributed by atoms with Crippen LogP contribution < -0.4 is 11.2 Å². The third-order valence-corrected chi connectivity index (χ3v) is 2.74. The van der Waals surface area contributed by atoms with Crippen molar-refractivity contribution in [1.82, 2.24) is 19.1 Å². The van der Waals surface area contributed by atoms with E-state index in [-0.39, 0.29) is 12.1 Å². The number of aliphatic hydroxyl groups excluding tert-OH is 1. The van der Waals surface area contributed by atoms with Crippen LogP contribution in [0.3, 0.4) is 0 Å². The van der Waals surface area contributed by atoms with Gasteiger partial charge in [-0.25, -0.2) is 9.78 Å². The molecular weight excluding hydrogens is 224 g/mol. The molecule has 2 aromatic heterocycles. The molecule has 17 heavy (non-hydrogen) atoms. The van der Waals surface area contributed by atoms with Crippen LogP contribution in [0.4, 0.5) is 0 Å². The number of aryl methyl sites for hydroxylation is 2. The van der Waals surface area contributed by atoms with Crippen LogP contribution in [-0.4, -0.2) is 30.8 Å². The van der Waals surface area contributed by atoms with Gasteiger partial charge in [-0.1, -0.05) is 0 Å². The van der Waals surface area contributed by atoms with Crippen molar-refractivity contribution in [1.29, 1.82) is 0 Å². The molecule has 0 unspecified atom stereocenters. The zero-order valence-electron chi connectivity index (χ0n) is 9.73. The number of aromatic nitrogens is 4. The first-order chi connectivity index (χ1) is 8.06. The van der Waals surface area contributed by atoms with Gasteiger partial charge in [-0.3, -0.25) is 14.3 Å². The van der Waals surface area contributed by atoms with Gasteiger partial charge in [0.15, 0.2) is 5.52 Å². The van der Waals surface area contributed by atoms with Crippen LogP contribution in [0.25, 0.3) is 11.2 Å². The van der Waals surface area contributed by atoms with E-state index in [1.54, 1.807) is 11.5 Å². The normalized spacial score (nSPS) is 11.2. The fourth-order valence-corrected chi connectivity index (χ4v) is 1.78. The minimum atomic E-state index is -0.465. The molecule has 2 rings (SSSR count). The molecular formula is C10H14N4O3. The van der Waals surface area contributed by atoms with Crippen LogP contribution in [0.1, 0.15) is 12.2 Å². The van der Waals surface area contributed by atoms with E-state index in [4.69, 9.17) is 5.11 Å². The first kappa shape index (κ1) is 11.6. The number of nitrogens with zero attached hydrogens (tertiary/aromatic N) is 3. The van der Waals surface area contributed by atoms with E-state index in [2.05, 4.69) is 9.97 Å². The van der Waals surface area contributed by atoms with Crippen molar-refractivity contribution in [2.45, 2.75) is 19.9 Å². The quantitative estimate of drug-likeness (QED) is 0.725. The van der Waals surface area contributed by atoms with Gasteiger partial charge in [0.2, 0.25) is 0 Å². The average molecular weight is 238 g/mol. The lowest BCUT2D eigenvalue weighted by atomic mass is 10.4. The Bertz CT molecular complexity index is 664. The molecule has 0 aliphatic rings. The fourth-order valence-electron chi connectivity index (χ4n) is 1.78. The van der Waals surface area contributed by atoms with Crippen molar-refractivity contribution in [2.75, 3.05) is 6.61 Å². The first-order valence-electron chi connectivity index (χ1n) is 5.33. The van der Waals surface area contributed by atoms with E-state index in [0.29, 0.717) is 24.4 Å². The topological polar surface area (TPSA) is 92.9 Å². The maximum atomic E-state index is 11.8. The summed E-state index contributed by atoms with van der Waals surface area (Å²) in [6.45, 7) is 2.32. The van der Waals surface area contributed by atoms with Crippen molar-refractivity contribution in [3.63, 3.8) is 0 Å². The number of aromatic amines is 1. The number of imidazole rings is 1. The Kier molecular flexibility index (Phi) is 2.84. The van der Waals surface area contributed by atoms with E-state index in [1.807, 2.05) is 0 Å². The third kappa shape index (κ3) is 1.78. The Hall–Kier alpha value is -1.89. The molecule has 2 heterocycles. The highest BCUT2D eigenvalue weighted by molar-refractivity contribution is 5.69. The van der Waals surface area contributed by atoms with Gasteiger partial charge in [0.05, 0.1) is 0 Å². The average Bonchev–Trinajstić information content (AvgIpc) is 2.61. The van der Waals surface area contributed by atoms with E-state index in [9.17, 15) is 9.59 Å². The minimum absolute atomic E-state index is 0.0498. The zero-order chi connectivity index (χ0) is 12.6. The Morgan fingerprint density at radius 1 is 1.41 bits per heavy atom. The molecule has 0 bridgehead atoms. The molecule has 0 aliphatic carbocycles. The molecule has 7 heteroatoms. The lowest BCUT2D eigenvalue weighted by Gasteiger charge is -2.04. The summed E-state index contributed by atoms with van der Waals surface area (Å²) in [6, 6.07) is 0. The molecule has 0 saturated heterocycles. The highest BCUT2D eigenvalue weighted by Gasteiger charge is 2.13. The third-order valence-electron chi connectivity index (χ3n) is 2.74. The number of aliphatic hydroxyl groups is 1. The molecule has 0 spiro atoms. The van der Waals surface area contributed by atoms with Gasteiger partial charge in [0.1, 0.15) is 11.5 Å². The molecule has 0 aromatic carbocycles. The first-order valence-corrected chi connectivity index (χ1v) is 5.33. The van der Waals surface area contributed by atoms with Gasteiger partial charge >= 0.3 is 5.69 Å². The molecule has 7 nitrogen and oxygen atoms in total. The summed E-state index contributed by atoms with van der Waals surface area (Å²) in [5, 5.41) is 8.81. The Labute approximate surface area is 96.3 Å². The SMILES string of the molecule is Cc1nc2c(=O)n(C)c(=O)[nH]c2n1CCCO. The standard InChI is InChI=1S/C10H14N4O3/c1-6-11-7-8(14(6)4-3-5-15)12-10(17)13(2)9(7)16/h15H,3-5H2,1-2H3,(H,12,17). The minimum Gasteiger partial charge on any atom is -0.396 e. The second kappa shape index (κ2) is 4.17. The lowest BCUT2D eigenvalue weighted by Crippen LogP contribution is -2.32.